The minimum Gasteiger partial charge on any atom is -0.351 e. The maximum Gasteiger partial charge on any atom is 0.251 e. The minimum atomic E-state index is -0.0106. The van der Waals surface area contributed by atoms with Crippen molar-refractivity contribution in [2.75, 3.05) is 19.6 Å². The molecule has 0 radical (unpaired) electrons. The standard InChI is InChI=1S/C11H16N2O/c1-2-12-8-9-13-11(14)10-6-4-3-5-7-10/h3-7,12H,2,8-9H2,1H3,(H,13,14). The van der Waals surface area contributed by atoms with E-state index in [0.717, 1.165) is 13.1 Å². The van der Waals surface area contributed by atoms with Crippen molar-refractivity contribution in [2.45, 2.75) is 6.92 Å². The van der Waals surface area contributed by atoms with Crippen LogP contribution in [-0.2, 0) is 0 Å². The molecule has 0 saturated heterocycles. The van der Waals surface area contributed by atoms with E-state index in [9.17, 15) is 4.79 Å². The van der Waals surface area contributed by atoms with Gasteiger partial charge >= 0.3 is 0 Å². The lowest BCUT2D eigenvalue weighted by Gasteiger charge is -2.04. The molecule has 1 amide bonds. The molecule has 0 aliphatic rings. The highest BCUT2D eigenvalue weighted by atomic mass is 16.1. The van der Waals surface area contributed by atoms with Gasteiger partial charge in [-0.2, -0.15) is 0 Å². The van der Waals surface area contributed by atoms with Crippen molar-refractivity contribution in [3.8, 4) is 0 Å². The second kappa shape index (κ2) is 6.16. The summed E-state index contributed by atoms with van der Waals surface area (Å²) in [5, 5.41) is 5.97. The molecule has 0 bridgehead atoms. The van der Waals surface area contributed by atoms with E-state index in [0.29, 0.717) is 12.1 Å². The van der Waals surface area contributed by atoms with Gasteiger partial charge in [0.2, 0.25) is 0 Å². The maximum absolute atomic E-state index is 11.5. The first-order valence-corrected chi connectivity index (χ1v) is 4.88. The normalized spacial score (nSPS) is 9.79. The van der Waals surface area contributed by atoms with Gasteiger partial charge in [-0.25, -0.2) is 0 Å². The lowest BCUT2D eigenvalue weighted by molar-refractivity contribution is 0.0954. The van der Waals surface area contributed by atoms with E-state index >= 15 is 0 Å². The Balaban J connectivity index is 2.29. The van der Waals surface area contributed by atoms with Crippen molar-refractivity contribution < 1.29 is 4.79 Å². The Bertz CT molecular complexity index is 272. The monoisotopic (exact) mass is 192 g/mol. The first-order chi connectivity index (χ1) is 6.84. The Morgan fingerprint density at radius 2 is 1.93 bits per heavy atom. The Labute approximate surface area is 84.5 Å². The van der Waals surface area contributed by atoms with Crippen LogP contribution in [0.25, 0.3) is 0 Å². The highest BCUT2D eigenvalue weighted by Crippen LogP contribution is 1.96. The summed E-state index contributed by atoms with van der Waals surface area (Å²) in [6.45, 7) is 4.46. The number of hydrogen-bond acceptors (Lipinski definition) is 2. The van der Waals surface area contributed by atoms with Crippen LogP contribution in [0.15, 0.2) is 30.3 Å². The summed E-state index contributed by atoms with van der Waals surface area (Å²) in [5.74, 6) is -0.0106. The Morgan fingerprint density at radius 1 is 1.21 bits per heavy atom. The van der Waals surface area contributed by atoms with Crippen LogP contribution in [0.4, 0.5) is 0 Å². The molecule has 0 saturated carbocycles. The van der Waals surface area contributed by atoms with Gasteiger partial charge in [0.05, 0.1) is 0 Å². The van der Waals surface area contributed by atoms with Gasteiger partial charge in [0.25, 0.3) is 5.91 Å². The number of hydrogen-bond donors (Lipinski definition) is 2. The number of benzene rings is 1. The fourth-order valence-corrected chi connectivity index (χ4v) is 1.13. The van der Waals surface area contributed by atoms with Crippen LogP contribution < -0.4 is 10.6 Å². The zero-order valence-corrected chi connectivity index (χ0v) is 8.42. The molecular formula is C11H16N2O. The SMILES string of the molecule is CCNCCNC(=O)c1ccccc1. The Kier molecular flexibility index (Phi) is 4.72. The molecule has 0 aromatic heterocycles. The number of likely N-dealkylation sites (N-methyl/N-ethyl adjacent to an activating group) is 1. The molecule has 0 heterocycles. The third-order valence-electron chi connectivity index (χ3n) is 1.87. The molecule has 0 fully saturated rings. The van der Waals surface area contributed by atoms with Crippen molar-refractivity contribution in [2.24, 2.45) is 0 Å². The average molecular weight is 192 g/mol. The first-order valence-electron chi connectivity index (χ1n) is 4.88. The maximum atomic E-state index is 11.5. The van der Waals surface area contributed by atoms with Crippen LogP contribution in [0.3, 0.4) is 0 Å². The number of amides is 1. The summed E-state index contributed by atoms with van der Waals surface area (Å²) in [7, 11) is 0. The number of rotatable bonds is 5. The second-order valence-electron chi connectivity index (χ2n) is 2.98. The van der Waals surface area contributed by atoms with E-state index in [4.69, 9.17) is 0 Å². The summed E-state index contributed by atoms with van der Waals surface area (Å²) in [6.07, 6.45) is 0. The molecule has 1 aromatic rings. The summed E-state index contributed by atoms with van der Waals surface area (Å²) < 4.78 is 0. The van der Waals surface area contributed by atoms with Crippen molar-refractivity contribution in [1.82, 2.24) is 10.6 Å². The number of carbonyl (C=O) groups excluding carboxylic acids is 1. The van der Waals surface area contributed by atoms with E-state index in [1.807, 2.05) is 37.3 Å². The van der Waals surface area contributed by atoms with Crippen LogP contribution in [0.5, 0.6) is 0 Å². The van der Waals surface area contributed by atoms with Crippen molar-refractivity contribution in [3.05, 3.63) is 35.9 Å². The van der Waals surface area contributed by atoms with Gasteiger partial charge in [0.15, 0.2) is 0 Å². The topological polar surface area (TPSA) is 41.1 Å². The smallest absolute Gasteiger partial charge is 0.251 e. The van der Waals surface area contributed by atoms with Crippen LogP contribution in [0.1, 0.15) is 17.3 Å². The van der Waals surface area contributed by atoms with Crippen molar-refractivity contribution in [1.29, 1.82) is 0 Å². The Morgan fingerprint density at radius 3 is 2.57 bits per heavy atom. The lowest BCUT2D eigenvalue weighted by atomic mass is 10.2. The summed E-state index contributed by atoms with van der Waals surface area (Å²) in [6, 6.07) is 9.24. The third kappa shape index (κ3) is 3.58. The molecule has 14 heavy (non-hydrogen) atoms. The lowest BCUT2D eigenvalue weighted by Crippen LogP contribution is -2.31. The van der Waals surface area contributed by atoms with Gasteiger partial charge in [0.1, 0.15) is 0 Å². The highest BCUT2D eigenvalue weighted by Gasteiger charge is 2.01. The predicted molar refractivity (Wildman–Crippen MR) is 57.3 cm³/mol. The molecule has 1 aromatic carbocycles. The van der Waals surface area contributed by atoms with Gasteiger partial charge < -0.3 is 10.6 Å². The van der Waals surface area contributed by atoms with Crippen molar-refractivity contribution >= 4 is 5.91 Å². The van der Waals surface area contributed by atoms with Gasteiger partial charge in [-0.3, -0.25) is 4.79 Å². The van der Waals surface area contributed by atoms with E-state index in [-0.39, 0.29) is 5.91 Å². The molecule has 0 unspecified atom stereocenters. The summed E-state index contributed by atoms with van der Waals surface area (Å²) in [5.41, 5.74) is 0.712. The molecule has 1 rings (SSSR count). The van der Waals surface area contributed by atoms with Gasteiger partial charge in [-0.15, -0.1) is 0 Å². The largest absolute Gasteiger partial charge is 0.351 e. The number of nitrogens with one attached hydrogen (secondary N) is 2. The third-order valence-corrected chi connectivity index (χ3v) is 1.87. The molecule has 0 aliphatic heterocycles. The fourth-order valence-electron chi connectivity index (χ4n) is 1.13. The van der Waals surface area contributed by atoms with Crippen molar-refractivity contribution in [3.63, 3.8) is 0 Å². The van der Waals surface area contributed by atoms with Crippen LogP contribution >= 0.6 is 0 Å². The van der Waals surface area contributed by atoms with E-state index in [1.165, 1.54) is 0 Å². The molecule has 0 atom stereocenters. The second-order valence-corrected chi connectivity index (χ2v) is 2.98. The summed E-state index contributed by atoms with van der Waals surface area (Å²) in [4.78, 5) is 11.5. The molecule has 0 spiro atoms. The molecular weight excluding hydrogens is 176 g/mol. The van der Waals surface area contributed by atoms with Crippen LogP contribution in [0, 0.1) is 0 Å². The minimum absolute atomic E-state index is 0.0106. The zero-order valence-electron chi connectivity index (χ0n) is 8.42. The Hall–Kier alpha value is -1.35. The van der Waals surface area contributed by atoms with E-state index < -0.39 is 0 Å². The quantitative estimate of drug-likeness (QED) is 0.684. The number of carbonyl (C=O) groups is 1. The van der Waals surface area contributed by atoms with Gasteiger partial charge in [-0.05, 0) is 18.7 Å². The van der Waals surface area contributed by atoms with E-state index in [2.05, 4.69) is 10.6 Å². The van der Waals surface area contributed by atoms with Gasteiger partial charge in [-0.1, -0.05) is 25.1 Å². The van der Waals surface area contributed by atoms with Gasteiger partial charge in [0, 0.05) is 18.7 Å². The molecule has 76 valence electrons. The summed E-state index contributed by atoms with van der Waals surface area (Å²) >= 11 is 0. The fraction of sp³-hybridized carbons (Fsp3) is 0.364. The predicted octanol–water partition coefficient (Wildman–Crippen LogP) is 1.03. The van der Waals surface area contributed by atoms with E-state index in [1.54, 1.807) is 0 Å². The first kappa shape index (κ1) is 10.7. The molecule has 3 heteroatoms. The van der Waals surface area contributed by atoms with Crippen LogP contribution in [0.2, 0.25) is 0 Å². The molecule has 3 nitrogen and oxygen atoms in total. The van der Waals surface area contributed by atoms with Crippen LogP contribution in [-0.4, -0.2) is 25.5 Å². The highest BCUT2D eigenvalue weighted by molar-refractivity contribution is 5.94. The average Bonchev–Trinajstić information content (AvgIpc) is 2.25. The molecule has 2 N–H and O–H groups in total. The molecule has 0 aliphatic carbocycles. The zero-order chi connectivity index (χ0) is 10.2.